The van der Waals surface area contributed by atoms with Crippen LogP contribution < -0.4 is 10.6 Å². The van der Waals surface area contributed by atoms with Crippen molar-refractivity contribution in [3.8, 4) is 11.6 Å². The van der Waals surface area contributed by atoms with E-state index in [0.29, 0.717) is 11.9 Å². The van der Waals surface area contributed by atoms with Crippen LogP contribution in [0.25, 0.3) is 11.6 Å². The smallest absolute Gasteiger partial charge is 0.332 e. The molecule has 7 nitrogen and oxygen atoms in total. The Kier molecular flexibility index (Phi) is 4.83. The summed E-state index contributed by atoms with van der Waals surface area (Å²) in [5, 5.41) is 8.80. The average Bonchev–Trinajstić information content (AvgIpc) is 3.09. The number of urea groups is 1. The van der Waals surface area contributed by atoms with Crippen LogP contribution in [0.4, 0.5) is 23.7 Å². The Labute approximate surface area is 145 Å². The first-order chi connectivity index (χ1) is 12.4. The van der Waals surface area contributed by atoms with Crippen LogP contribution in [0.5, 0.6) is 0 Å². The van der Waals surface area contributed by atoms with Crippen LogP contribution in [0, 0.1) is 0 Å². The van der Waals surface area contributed by atoms with Crippen LogP contribution in [0.2, 0.25) is 0 Å². The van der Waals surface area contributed by atoms with Crippen molar-refractivity contribution in [1.29, 1.82) is 0 Å². The molecule has 0 radical (unpaired) electrons. The van der Waals surface area contributed by atoms with E-state index in [1.807, 2.05) is 6.07 Å². The van der Waals surface area contributed by atoms with E-state index in [9.17, 15) is 18.0 Å². The molecule has 2 heterocycles. The number of hydrogen-bond donors (Lipinski definition) is 2. The summed E-state index contributed by atoms with van der Waals surface area (Å²) in [6.45, 7) is -0.0250. The van der Waals surface area contributed by atoms with Crippen molar-refractivity contribution in [1.82, 2.24) is 20.4 Å². The highest BCUT2D eigenvalue weighted by Gasteiger charge is 2.30. The summed E-state index contributed by atoms with van der Waals surface area (Å²) in [7, 11) is 0. The lowest BCUT2D eigenvalue weighted by Crippen LogP contribution is -2.28. The number of halogens is 3. The number of carbonyl (C=O) groups excluding carboxylic acids is 1. The second-order valence-electron chi connectivity index (χ2n) is 5.12. The molecule has 134 valence electrons. The van der Waals surface area contributed by atoms with Crippen LogP contribution in [-0.2, 0) is 12.7 Å². The lowest BCUT2D eigenvalue weighted by atomic mass is 10.2. The first-order valence-electron chi connectivity index (χ1n) is 7.38. The molecule has 0 fully saturated rings. The van der Waals surface area contributed by atoms with Crippen molar-refractivity contribution in [2.75, 3.05) is 5.32 Å². The van der Waals surface area contributed by atoms with E-state index in [1.165, 1.54) is 0 Å². The number of para-hydroxylation sites is 1. The number of benzene rings is 1. The summed E-state index contributed by atoms with van der Waals surface area (Å²) in [6, 6.07) is 10.4. The molecule has 0 spiro atoms. The Morgan fingerprint density at radius 2 is 1.88 bits per heavy atom. The monoisotopic (exact) mass is 363 g/mol. The summed E-state index contributed by atoms with van der Waals surface area (Å²) in [5.74, 6) is 0.115. The second kappa shape index (κ2) is 7.21. The van der Waals surface area contributed by atoms with E-state index < -0.39 is 17.8 Å². The number of nitrogens with zero attached hydrogens (tertiary/aromatic N) is 3. The van der Waals surface area contributed by atoms with Gasteiger partial charge in [0.05, 0.1) is 12.1 Å². The third kappa shape index (κ3) is 4.35. The van der Waals surface area contributed by atoms with Gasteiger partial charge in [0.1, 0.15) is 5.69 Å². The molecule has 2 amide bonds. The molecule has 10 heteroatoms. The molecule has 0 aliphatic heterocycles. The van der Waals surface area contributed by atoms with Gasteiger partial charge in [-0.1, -0.05) is 23.4 Å². The number of anilines is 1. The van der Waals surface area contributed by atoms with E-state index in [-0.39, 0.29) is 24.0 Å². The zero-order valence-electron chi connectivity index (χ0n) is 13.1. The second-order valence-corrected chi connectivity index (χ2v) is 5.12. The fourth-order valence-electron chi connectivity index (χ4n) is 1.97. The van der Waals surface area contributed by atoms with Crippen LogP contribution in [0.3, 0.4) is 0 Å². The minimum absolute atomic E-state index is 0.0250. The normalized spacial score (nSPS) is 11.2. The van der Waals surface area contributed by atoms with Gasteiger partial charge in [-0.05, 0) is 24.3 Å². The van der Waals surface area contributed by atoms with Crippen molar-refractivity contribution < 1.29 is 22.5 Å². The minimum atomic E-state index is -4.47. The van der Waals surface area contributed by atoms with Gasteiger partial charge in [0.25, 0.3) is 5.89 Å². The number of rotatable bonds is 4. The van der Waals surface area contributed by atoms with Crippen LogP contribution in [-0.4, -0.2) is 21.2 Å². The van der Waals surface area contributed by atoms with E-state index in [2.05, 4.69) is 25.8 Å². The van der Waals surface area contributed by atoms with Crippen LogP contribution >= 0.6 is 0 Å². The molecule has 0 atom stereocenters. The Morgan fingerprint density at radius 1 is 1.12 bits per heavy atom. The Bertz CT molecular complexity index is 879. The maximum atomic E-state index is 12.5. The number of aromatic nitrogens is 3. The van der Waals surface area contributed by atoms with Crippen molar-refractivity contribution in [3.05, 3.63) is 60.0 Å². The highest BCUT2D eigenvalue weighted by Crippen LogP contribution is 2.29. The summed E-state index contributed by atoms with van der Waals surface area (Å²) in [6.07, 6.45) is -3.79. The van der Waals surface area contributed by atoms with Gasteiger partial charge in [0.15, 0.2) is 5.82 Å². The Balaban J connectivity index is 1.58. The SMILES string of the molecule is O=C(NCc1noc(-c2ccc(C(F)(F)F)cn2)n1)Nc1ccccc1. The Hall–Kier alpha value is -3.43. The molecule has 3 aromatic rings. The van der Waals surface area contributed by atoms with Gasteiger partial charge in [0.2, 0.25) is 0 Å². The maximum absolute atomic E-state index is 12.5. The molecule has 0 bridgehead atoms. The lowest BCUT2D eigenvalue weighted by molar-refractivity contribution is -0.137. The quantitative estimate of drug-likeness (QED) is 0.740. The maximum Gasteiger partial charge on any atom is 0.417 e. The predicted octanol–water partition coefficient (Wildman–Crippen LogP) is 3.47. The number of nitrogens with one attached hydrogen (secondary N) is 2. The molecule has 0 aliphatic rings. The van der Waals surface area contributed by atoms with E-state index >= 15 is 0 Å². The largest absolute Gasteiger partial charge is 0.417 e. The van der Waals surface area contributed by atoms with Crippen molar-refractivity contribution in [2.45, 2.75) is 12.7 Å². The summed E-state index contributed by atoms with van der Waals surface area (Å²) in [4.78, 5) is 19.4. The molecule has 3 rings (SSSR count). The van der Waals surface area contributed by atoms with Crippen LogP contribution in [0.15, 0.2) is 53.2 Å². The Morgan fingerprint density at radius 3 is 2.54 bits per heavy atom. The number of pyridine rings is 1. The van der Waals surface area contributed by atoms with E-state index in [0.717, 1.165) is 12.1 Å². The van der Waals surface area contributed by atoms with Gasteiger partial charge in [-0.25, -0.2) is 4.79 Å². The third-order valence-corrected chi connectivity index (χ3v) is 3.22. The molecule has 0 unspecified atom stereocenters. The van der Waals surface area contributed by atoms with Gasteiger partial charge >= 0.3 is 12.2 Å². The van der Waals surface area contributed by atoms with E-state index in [1.54, 1.807) is 24.3 Å². The minimum Gasteiger partial charge on any atom is -0.332 e. The van der Waals surface area contributed by atoms with Crippen molar-refractivity contribution in [2.24, 2.45) is 0 Å². The molecular weight excluding hydrogens is 351 g/mol. The van der Waals surface area contributed by atoms with Gasteiger partial charge in [0, 0.05) is 11.9 Å². The number of amides is 2. The third-order valence-electron chi connectivity index (χ3n) is 3.22. The van der Waals surface area contributed by atoms with Crippen molar-refractivity contribution >= 4 is 11.7 Å². The molecule has 0 saturated heterocycles. The summed E-state index contributed by atoms with van der Waals surface area (Å²) >= 11 is 0. The summed E-state index contributed by atoms with van der Waals surface area (Å²) < 4.78 is 42.5. The standard InChI is InChI=1S/C16H12F3N5O2/c17-16(18,19)10-6-7-12(20-8-10)14-23-13(24-26-14)9-21-15(25)22-11-4-2-1-3-5-11/h1-8H,9H2,(H2,21,22,25). The highest BCUT2D eigenvalue weighted by molar-refractivity contribution is 5.89. The summed E-state index contributed by atoms with van der Waals surface area (Å²) in [5.41, 5.74) is -0.154. The fourth-order valence-corrected chi connectivity index (χ4v) is 1.97. The lowest BCUT2D eigenvalue weighted by Gasteiger charge is -2.05. The number of alkyl halides is 3. The topological polar surface area (TPSA) is 92.9 Å². The molecule has 2 aromatic heterocycles. The predicted molar refractivity (Wildman–Crippen MR) is 84.8 cm³/mol. The van der Waals surface area contributed by atoms with E-state index in [4.69, 9.17) is 4.52 Å². The molecular formula is C16H12F3N5O2. The molecule has 0 aliphatic carbocycles. The molecule has 26 heavy (non-hydrogen) atoms. The fraction of sp³-hybridized carbons (Fsp3) is 0.125. The van der Waals surface area contributed by atoms with Gasteiger partial charge in [-0.15, -0.1) is 0 Å². The zero-order valence-corrected chi connectivity index (χ0v) is 13.1. The highest BCUT2D eigenvalue weighted by atomic mass is 19.4. The number of hydrogen-bond acceptors (Lipinski definition) is 5. The first-order valence-corrected chi connectivity index (χ1v) is 7.38. The van der Waals surface area contributed by atoms with Gasteiger partial charge in [-0.2, -0.15) is 18.2 Å². The first kappa shape index (κ1) is 17.4. The van der Waals surface area contributed by atoms with Gasteiger partial charge < -0.3 is 15.2 Å². The van der Waals surface area contributed by atoms with Gasteiger partial charge in [-0.3, -0.25) is 4.98 Å². The number of carbonyl (C=O) groups is 1. The average molecular weight is 363 g/mol. The van der Waals surface area contributed by atoms with Crippen LogP contribution in [0.1, 0.15) is 11.4 Å². The zero-order chi connectivity index (χ0) is 18.6. The molecule has 2 N–H and O–H groups in total. The van der Waals surface area contributed by atoms with Crippen molar-refractivity contribution in [3.63, 3.8) is 0 Å². The molecule has 1 aromatic carbocycles. The molecule has 0 saturated carbocycles.